The van der Waals surface area contributed by atoms with Gasteiger partial charge in [-0.15, -0.1) is 0 Å². The molecule has 2 rings (SSSR count). The second-order valence-electron chi connectivity index (χ2n) is 7.40. The molecule has 24 heavy (non-hydrogen) atoms. The number of rotatable bonds is 12. The number of unbranched alkanes of at least 4 members (excludes halogenated alkanes) is 6. The second-order valence-corrected chi connectivity index (χ2v) is 7.40. The van der Waals surface area contributed by atoms with Gasteiger partial charge in [0, 0.05) is 6.42 Å². The van der Waals surface area contributed by atoms with Crippen molar-refractivity contribution in [1.29, 1.82) is 0 Å². The Labute approximate surface area is 150 Å². The first kappa shape index (κ1) is 19.3. The topological polar surface area (TPSA) is 0 Å². The zero-order chi connectivity index (χ0) is 17.2. The number of hydrogen-bond donors (Lipinski definition) is 0. The highest BCUT2D eigenvalue weighted by Gasteiger charge is 2.23. The molecular formula is C24H37. The van der Waals surface area contributed by atoms with Crippen molar-refractivity contribution in [2.24, 2.45) is 0 Å². The van der Waals surface area contributed by atoms with Crippen LogP contribution in [0.4, 0.5) is 0 Å². The molecular weight excluding hydrogens is 288 g/mol. The third-order valence-electron chi connectivity index (χ3n) is 5.33. The molecule has 0 aliphatic heterocycles. The molecule has 1 radical (unpaired) electrons. The van der Waals surface area contributed by atoms with Gasteiger partial charge in [0.25, 0.3) is 0 Å². The molecule has 0 heteroatoms. The van der Waals surface area contributed by atoms with Crippen LogP contribution in [0.25, 0.3) is 5.57 Å². The predicted molar refractivity (Wildman–Crippen MR) is 108 cm³/mol. The normalized spacial score (nSPS) is 13.6. The first-order valence-electron chi connectivity index (χ1n) is 10.5. The minimum atomic E-state index is 1.25. The van der Waals surface area contributed by atoms with E-state index in [1.54, 1.807) is 22.3 Å². The summed E-state index contributed by atoms with van der Waals surface area (Å²) in [5.74, 6) is 0. The molecule has 0 amide bonds. The van der Waals surface area contributed by atoms with Crippen molar-refractivity contribution in [3.8, 4) is 0 Å². The van der Waals surface area contributed by atoms with E-state index in [9.17, 15) is 0 Å². The standard InChI is InChI=1S/C24H37/c1-4-7-10-14-20-16-13-17-22-19-21(15-11-8-5-2)23(24(20)22)18-12-9-6-3/h13,16-17,19H,4-12,14-15,18H2,1-3H3. The molecule has 0 aromatic heterocycles. The molecule has 0 fully saturated rings. The van der Waals surface area contributed by atoms with E-state index in [0.717, 1.165) is 0 Å². The van der Waals surface area contributed by atoms with Crippen LogP contribution in [-0.2, 0) is 6.42 Å². The average Bonchev–Trinajstić information content (AvgIpc) is 2.94. The smallest absolute Gasteiger partial charge is 0.0167 e. The maximum atomic E-state index is 2.51. The minimum Gasteiger partial charge on any atom is -0.0654 e. The quantitative estimate of drug-likeness (QED) is 0.343. The van der Waals surface area contributed by atoms with Gasteiger partial charge >= 0.3 is 0 Å². The third-order valence-corrected chi connectivity index (χ3v) is 5.33. The van der Waals surface area contributed by atoms with Crippen molar-refractivity contribution in [3.63, 3.8) is 0 Å². The first-order valence-corrected chi connectivity index (χ1v) is 10.5. The Morgan fingerprint density at radius 3 is 1.96 bits per heavy atom. The zero-order valence-electron chi connectivity index (χ0n) is 16.3. The molecule has 0 spiro atoms. The zero-order valence-corrected chi connectivity index (χ0v) is 16.3. The Bertz CT molecular complexity index is 521. The summed E-state index contributed by atoms with van der Waals surface area (Å²) in [6.07, 6.45) is 18.4. The second kappa shape index (κ2) is 10.7. The lowest BCUT2D eigenvalue weighted by Crippen LogP contribution is -1.96. The molecule has 133 valence electrons. The Hall–Kier alpha value is -1.04. The van der Waals surface area contributed by atoms with Crippen molar-refractivity contribution in [2.75, 3.05) is 0 Å². The Morgan fingerprint density at radius 1 is 0.667 bits per heavy atom. The third kappa shape index (κ3) is 5.23. The first-order chi connectivity index (χ1) is 11.8. The lowest BCUT2D eigenvalue weighted by atomic mass is 9.91. The van der Waals surface area contributed by atoms with Crippen LogP contribution in [0.3, 0.4) is 0 Å². The fourth-order valence-electron chi connectivity index (χ4n) is 3.94. The summed E-state index contributed by atoms with van der Waals surface area (Å²) in [7, 11) is 0. The van der Waals surface area contributed by atoms with E-state index >= 15 is 0 Å². The van der Waals surface area contributed by atoms with Gasteiger partial charge < -0.3 is 0 Å². The van der Waals surface area contributed by atoms with Gasteiger partial charge in [-0.2, -0.15) is 0 Å². The monoisotopic (exact) mass is 325 g/mol. The van der Waals surface area contributed by atoms with E-state index in [1.165, 1.54) is 82.6 Å². The summed E-state index contributed by atoms with van der Waals surface area (Å²) in [4.78, 5) is 0. The summed E-state index contributed by atoms with van der Waals surface area (Å²) in [6, 6.07) is 7.00. The van der Waals surface area contributed by atoms with E-state index in [2.05, 4.69) is 45.4 Å². The SMILES string of the molecule is CCCCCC1=C(CCCCC)c2c(cccc2CCCCC)[CH]1. The van der Waals surface area contributed by atoms with Gasteiger partial charge in [0.05, 0.1) is 0 Å². The van der Waals surface area contributed by atoms with Crippen molar-refractivity contribution in [2.45, 2.75) is 97.8 Å². The summed E-state index contributed by atoms with van der Waals surface area (Å²) >= 11 is 0. The van der Waals surface area contributed by atoms with Crippen molar-refractivity contribution >= 4 is 5.57 Å². The van der Waals surface area contributed by atoms with Crippen molar-refractivity contribution in [1.82, 2.24) is 0 Å². The van der Waals surface area contributed by atoms with Crippen LogP contribution in [0, 0.1) is 6.42 Å². The van der Waals surface area contributed by atoms with Gasteiger partial charge in [0.1, 0.15) is 0 Å². The van der Waals surface area contributed by atoms with Gasteiger partial charge in [0.2, 0.25) is 0 Å². The Kier molecular flexibility index (Phi) is 8.64. The largest absolute Gasteiger partial charge is 0.0654 e. The van der Waals surface area contributed by atoms with E-state index < -0.39 is 0 Å². The number of aryl methyl sites for hydroxylation is 1. The molecule has 0 saturated carbocycles. The molecule has 0 atom stereocenters. The number of hydrogen-bond acceptors (Lipinski definition) is 0. The highest BCUT2D eigenvalue weighted by atomic mass is 14.3. The fraction of sp³-hybridized carbons (Fsp3) is 0.625. The molecule has 0 heterocycles. The summed E-state index contributed by atoms with van der Waals surface area (Å²) in [6.45, 7) is 6.90. The predicted octanol–water partition coefficient (Wildman–Crippen LogP) is 7.90. The maximum Gasteiger partial charge on any atom is 0.0167 e. The number of fused-ring (bicyclic) bond motifs is 1. The van der Waals surface area contributed by atoms with E-state index in [-0.39, 0.29) is 0 Å². The lowest BCUT2D eigenvalue weighted by Gasteiger charge is -2.13. The van der Waals surface area contributed by atoms with Crippen molar-refractivity contribution in [3.05, 3.63) is 46.9 Å². The number of allylic oxidation sites excluding steroid dienone is 2. The van der Waals surface area contributed by atoms with Crippen LogP contribution in [0.5, 0.6) is 0 Å². The average molecular weight is 326 g/mol. The van der Waals surface area contributed by atoms with Crippen LogP contribution < -0.4 is 0 Å². The summed E-state index contributed by atoms with van der Waals surface area (Å²) in [5, 5.41) is 0. The van der Waals surface area contributed by atoms with E-state index in [0.29, 0.717) is 0 Å². The highest BCUT2D eigenvalue weighted by Crippen LogP contribution is 2.42. The van der Waals surface area contributed by atoms with Crippen LogP contribution in [0.15, 0.2) is 23.8 Å². The molecule has 0 saturated heterocycles. The van der Waals surface area contributed by atoms with Crippen LogP contribution >= 0.6 is 0 Å². The van der Waals surface area contributed by atoms with Gasteiger partial charge in [-0.05, 0) is 60.8 Å². The van der Waals surface area contributed by atoms with E-state index in [4.69, 9.17) is 0 Å². The Balaban J connectivity index is 2.19. The van der Waals surface area contributed by atoms with Gasteiger partial charge in [0.15, 0.2) is 0 Å². The lowest BCUT2D eigenvalue weighted by molar-refractivity contribution is 0.708. The fourth-order valence-corrected chi connectivity index (χ4v) is 3.94. The minimum absolute atomic E-state index is 1.25. The number of benzene rings is 1. The van der Waals surface area contributed by atoms with Crippen LogP contribution in [-0.4, -0.2) is 0 Å². The molecule has 1 aliphatic rings. The van der Waals surface area contributed by atoms with Crippen molar-refractivity contribution < 1.29 is 0 Å². The molecule has 1 aromatic rings. The molecule has 1 aromatic carbocycles. The summed E-state index contributed by atoms with van der Waals surface area (Å²) in [5.41, 5.74) is 8.08. The van der Waals surface area contributed by atoms with Gasteiger partial charge in [-0.1, -0.05) is 83.1 Å². The molecule has 1 aliphatic carbocycles. The van der Waals surface area contributed by atoms with Crippen LogP contribution in [0.1, 0.15) is 108 Å². The Morgan fingerprint density at radius 2 is 1.29 bits per heavy atom. The maximum absolute atomic E-state index is 2.51. The highest BCUT2D eigenvalue weighted by molar-refractivity contribution is 5.82. The molecule has 0 N–H and O–H groups in total. The van der Waals surface area contributed by atoms with Gasteiger partial charge in [-0.3, -0.25) is 0 Å². The molecule has 0 unspecified atom stereocenters. The van der Waals surface area contributed by atoms with E-state index in [1.807, 2.05) is 0 Å². The molecule has 0 nitrogen and oxygen atoms in total. The van der Waals surface area contributed by atoms with Crippen LogP contribution in [0.2, 0.25) is 0 Å². The molecule has 0 bridgehead atoms. The summed E-state index contributed by atoms with van der Waals surface area (Å²) < 4.78 is 0. The van der Waals surface area contributed by atoms with Gasteiger partial charge in [-0.25, -0.2) is 0 Å².